The standard InChI is InChI=1S/C15H26N2O/c1-13(2)12-17-11-10-16-9-8-14-6-4-5-7-15(14)18-3/h4-7,13,16-17H,8-12H2,1-3H3. The Labute approximate surface area is 111 Å². The summed E-state index contributed by atoms with van der Waals surface area (Å²) in [5, 5.41) is 6.86. The molecule has 18 heavy (non-hydrogen) atoms. The lowest BCUT2D eigenvalue weighted by atomic mass is 10.1. The van der Waals surface area contributed by atoms with Gasteiger partial charge in [-0.15, -0.1) is 0 Å². The lowest BCUT2D eigenvalue weighted by molar-refractivity contribution is 0.409. The van der Waals surface area contributed by atoms with E-state index in [1.807, 2.05) is 12.1 Å². The molecule has 1 rings (SSSR count). The van der Waals surface area contributed by atoms with E-state index in [-0.39, 0.29) is 0 Å². The molecule has 0 spiro atoms. The summed E-state index contributed by atoms with van der Waals surface area (Å²) < 4.78 is 5.33. The first-order chi connectivity index (χ1) is 8.74. The van der Waals surface area contributed by atoms with Gasteiger partial charge in [0.25, 0.3) is 0 Å². The zero-order chi connectivity index (χ0) is 13.2. The number of rotatable bonds is 9. The smallest absolute Gasteiger partial charge is 0.122 e. The fourth-order valence-corrected chi connectivity index (χ4v) is 1.83. The molecule has 0 heterocycles. The lowest BCUT2D eigenvalue weighted by Gasteiger charge is -2.10. The lowest BCUT2D eigenvalue weighted by Crippen LogP contribution is -2.30. The van der Waals surface area contributed by atoms with Gasteiger partial charge in [-0.1, -0.05) is 32.0 Å². The summed E-state index contributed by atoms with van der Waals surface area (Å²) in [4.78, 5) is 0. The van der Waals surface area contributed by atoms with Gasteiger partial charge in [-0.25, -0.2) is 0 Å². The van der Waals surface area contributed by atoms with Crippen LogP contribution in [0.1, 0.15) is 19.4 Å². The fourth-order valence-electron chi connectivity index (χ4n) is 1.83. The SMILES string of the molecule is COc1ccccc1CCNCCNCC(C)C. The van der Waals surface area contributed by atoms with Gasteiger partial charge in [-0.3, -0.25) is 0 Å². The molecule has 0 aliphatic rings. The number of para-hydroxylation sites is 1. The average molecular weight is 250 g/mol. The van der Waals surface area contributed by atoms with Crippen LogP contribution >= 0.6 is 0 Å². The Hall–Kier alpha value is -1.06. The number of methoxy groups -OCH3 is 1. The van der Waals surface area contributed by atoms with Crippen LogP contribution in [0.4, 0.5) is 0 Å². The molecule has 0 aromatic heterocycles. The maximum atomic E-state index is 5.33. The molecule has 0 aliphatic heterocycles. The zero-order valence-corrected chi connectivity index (χ0v) is 11.8. The first-order valence-corrected chi connectivity index (χ1v) is 6.77. The second-order valence-corrected chi connectivity index (χ2v) is 4.91. The van der Waals surface area contributed by atoms with Gasteiger partial charge in [0.1, 0.15) is 5.75 Å². The Morgan fingerprint density at radius 3 is 2.50 bits per heavy atom. The first kappa shape index (κ1) is 15.0. The molecule has 3 heteroatoms. The summed E-state index contributed by atoms with van der Waals surface area (Å²) in [7, 11) is 1.72. The molecule has 1 aromatic carbocycles. The highest BCUT2D eigenvalue weighted by Crippen LogP contribution is 2.16. The molecule has 0 amide bonds. The third kappa shape index (κ3) is 6.03. The van der Waals surface area contributed by atoms with Crippen molar-refractivity contribution in [2.45, 2.75) is 20.3 Å². The molecule has 0 radical (unpaired) electrons. The van der Waals surface area contributed by atoms with E-state index in [4.69, 9.17) is 4.74 Å². The van der Waals surface area contributed by atoms with Crippen LogP contribution in [0.15, 0.2) is 24.3 Å². The van der Waals surface area contributed by atoms with Crippen LogP contribution in [0, 0.1) is 5.92 Å². The van der Waals surface area contributed by atoms with Crippen molar-refractivity contribution in [2.75, 3.05) is 33.3 Å². The second kappa shape index (κ2) is 8.95. The minimum Gasteiger partial charge on any atom is -0.496 e. The van der Waals surface area contributed by atoms with E-state index in [1.165, 1.54) is 5.56 Å². The summed E-state index contributed by atoms with van der Waals surface area (Å²) >= 11 is 0. The Morgan fingerprint density at radius 1 is 1.06 bits per heavy atom. The number of hydrogen-bond acceptors (Lipinski definition) is 3. The predicted molar refractivity (Wildman–Crippen MR) is 77.3 cm³/mol. The van der Waals surface area contributed by atoms with Gasteiger partial charge in [0.05, 0.1) is 7.11 Å². The number of benzene rings is 1. The molecule has 0 aliphatic carbocycles. The van der Waals surface area contributed by atoms with Gasteiger partial charge < -0.3 is 15.4 Å². The van der Waals surface area contributed by atoms with Gasteiger partial charge >= 0.3 is 0 Å². The number of hydrogen-bond donors (Lipinski definition) is 2. The highest BCUT2D eigenvalue weighted by atomic mass is 16.5. The Balaban J connectivity index is 2.10. The molecule has 102 valence electrons. The highest BCUT2D eigenvalue weighted by Gasteiger charge is 2.00. The zero-order valence-electron chi connectivity index (χ0n) is 11.8. The van der Waals surface area contributed by atoms with E-state index in [2.05, 4.69) is 36.6 Å². The molecular formula is C15H26N2O. The van der Waals surface area contributed by atoms with Crippen molar-refractivity contribution in [1.29, 1.82) is 0 Å². The summed E-state index contributed by atoms with van der Waals surface area (Å²) in [6.07, 6.45) is 1.01. The molecule has 0 saturated carbocycles. The van der Waals surface area contributed by atoms with Crippen LogP contribution in [-0.2, 0) is 6.42 Å². The molecule has 0 fully saturated rings. The highest BCUT2D eigenvalue weighted by molar-refractivity contribution is 5.33. The minimum atomic E-state index is 0.721. The van der Waals surface area contributed by atoms with Crippen molar-refractivity contribution in [3.05, 3.63) is 29.8 Å². The summed E-state index contributed by atoms with van der Waals surface area (Å²) in [5.41, 5.74) is 1.27. The third-order valence-electron chi connectivity index (χ3n) is 2.79. The Kier molecular flexibility index (Phi) is 7.46. The fraction of sp³-hybridized carbons (Fsp3) is 0.600. The quantitative estimate of drug-likeness (QED) is 0.658. The Morgan fingerprint density at radius 2 is 1.78 bits per heavy atom. The van der Waals surface area contributed by atoms with E-state index in [1.54, 1.807) is 7.11 Å². The molecule has 0 atom stereocenters. The minimum absolute atomic E-state index is 0.721. The maximum absolute atomic E-state index is 5.33. The van der Waals surface area contributed by atoms with Crippen molar-refractivity contribution >= 4 is 0 Å². The van der Waals surface area contributed by atoms with Gasteiger partial charge in [-0.2, -0.15) is 0 Å². The maximum Gasteiger partial charge on any atom is 0.122 e. The van der Waals surface area contributed by atoms with Gasteiger partial charge in [-0.05, 0) is 37.1 Å². The van der Waals surface area contributed by atoms with Crippen molar-refractivity contribution in [3.8, 4) is 5.75 Å². The van der Waals surface area contributed by atoms with Crippen molar-refractivity contribution in [2.24, 2.45) is 5.92 Å². The van der Waals surface area contributed by atoms with Crippen LogP contribution in [0.3, 0.4) is 0 Å². The topological polar surface area (TPSA) is 33.3 Å². The Bertz CT molecular complexity index is 326. The number of ether oxygens (including phenoxy) is 1. The summed E-state index contributed by atoms with van der Waals surface area (Å²) in [6, 6.07) is 8.20. The molecule has 0 bridgehead atoms. The second-order valence-electron chi connectivity index (χ2n) is 4.91. The number of nitrogens with one attached hydrogen (secondary N) is 2. The molecule has 0 unspecified atom stereocenters. The summed E-state index contributed by atoms with van der Waals surface area (Å²) in [6.45, 7) is 8.58. The molecule has 0 saturated heterocycles. The molecule has 1 aromatic rings. The predicted octanol–water partition coefficient (Wildman–Crippen LogP) is 2.07. The average Bonchev–Trinajstić information content (AvgIpc) is 2.37. The van der Waals surface area contributed by atoms with E-state index in [0.717, 1.165) is 44.3 Å². The van der Waals surface area contributed by atoms with Crippen LogP contribution in [-0.4, -0.2) is 33.3 Å². The van der Waals surface area contributed by atoms with E-state index < -0.39 is 0 Å². The van der Waals surface area contributed by atoms with Crippen molar-refractivity contribution in [1.82, 2.24) is 10.6 Å². The van der Waals surface area contributed by atoms with Crippen molar-refractivity contribution < 1.29 is 4.74 Å². The van der Waals surface area contributed by atoms with Crippen LogP contribution in [0.5, 0.6) is 5.75 Å². The first-order valence-electron chi connectivity index (χ1n) is 6.77. The van der Waals surface area contributed by atoms with E-state index >= 15 is 0 Å². The molecule has 2 N–H and O–H groups in total. The third-order valence-corrected chi connectivity index (χ3v) is 2.79. The van der Waals surface area contributed by atoms with Crippen molar-refractivity contribution in [3.63, 3.8) is 0 Å². The van der Waals surface area contributed by atoms with Crippen LogP contribution in [0.25, 0.3) is 0 Å². The molecular weight excluding hydrogens is 224 g/mol. The van der Waals surface area contributed by atoms with E-state index in [0.29, 0.717) is 0 Å². The largest absolute Gasteiger partial charge is 0.496 e. The van der Waals surface area contributed by atoms with Gasteiger partial charge in [0.15, 0.2) is 0 Å². The van der Waals surface area contributed by atoms with E-state index in [9.17, 15) is 0 Å². The normalized spacial score (nSPS) is 10.9. The molecule has 3 nitrogen and oxygen atoms in total. The van der Waals surface area contributed by atoms with Gasteiger partial charge in [0.2, 0.25) is 0 Å². The summed E-state index contributed by atoms with van der Waals surface area (Å²) in [5.74, 6) is 1.70. The van der Waals surface area contributed by atoms with Crippen LogP contribution < -0.4 is 15.4 Å². The monoisotopic (exact) mass is 250 g/mol. The van der Waals surface area contributed by atoms with Crippen LogP contribution in [0.2, 0.25) is 0 Å². The van der Waals surface area contributed by atoms with Gasteiger partial charge in [0, 0.05) is 13.1 Å².